The van der Waals surface area contributed by atoms with E-state index in [4.69, 9.17) is 9.47 Å². The Balaban J connectivity index is 1.90. The average molecular weight is 356 g/mol. The first-order valence-electron chi connectivity index (χ1n) is 7.94. The number of thiol groups is 1. The number of carbonyl (C=O) groups is 1. The van der Waals surface area contributed by atoms with Gasteiger partial charge in [-0.3, -0.25) is 4.79 Å². The van der Waals surface area contributed by atoms with Gasteiger partial charge in [-0.05, 0) is 43.4 Å². The van der Waals surface area contributed by atoms with Crippen LogP contribution in [0.3, 0.4) is 0 Å². The lowest BCUT2D eigenvalue weighted by Gasteiger charge is -2.32. The summed E-state index contributed by atoms with van der Waals surface area (Å²) in [6.07, 6.45) is 2.58. The minimum atomic E-state index is -2.52. The zero-order valence-electron chi connectivity index (χ0n) is 14.0. The lowest BCUT2D eigenvalue weighted by Crippen LogP contribution is -2.39. The van der Waals surface area contributed by atoms with Gasteiger partial charge in [0.2, 0.25) is 10.9 Å². The van der Waals surface area contributed by atoms with Crippen molar-refractivity contribution >= 4 is 16.8 Å². The molecule has 8 heteroatoms. The molecule has 1 aliphatic rings. The summed E-state index contributed by atoms with van der Waals surface area (Å²) < 4.78 is 33.8. The SMILES string of the molecule is COc1ccc(C(=O)N2CCC(CCN[SH](=O)=O)CC2)cc1OC. The fourth-order valence-corrected chi connectivity index (χ4v) is 3.25. The number of nitrogens with one attached hydrogen (secondary N) is 1. The Hall–Kier alpha value is -1.80. The molecule has 1 aromatic rings. The summed E-state index contributed by atoms with van der Waals surface area (Å²) in [6.45, 7) is 1.83. The number of rotatable bonds is 7. The molecule has 0 spiro atoms. The minimum Gasteiger partial charge on any atom is -0.493 e. The van der Waals surface area contributed by atoms with Gasteiger partial charge in [0.25, 0.3) is 5.91 Å². The molecule has 0 atom stereocenters. The van der Waals surface area contributed by atoms with Crippen LogP contribution >= 0.6 is 0 Å². The van der Waals surface area contributed by atoms with E-state index in [1.807, 2.05) is 4.90 Å². The number of hydrogen-bond acceptors (Lipinski definition) is 5. The molecule has 0 saturated carbocycles. The topological polar surface area (TPSA) is 84.9 Å². The van der Waals surface area contributed by atoms with Crippen molar-refractivity contribution in [2.45, 2.75) is 19.3 Å². The fourth-order valence-electron chi connectivity index (χ4n) is 2.94. The van der Waals surface area contributed by atoms with Crippen molar-refractivity contribution < 1.29 is 22.7 Å². The third-order valence-electron chi connectivity index (χ3n) is 4.33. The van der Waals surface area contributed by atoms with Gasteiger partial charge in [0.1, 0.15) is 0 Å². The van der Waals surface area contributed by atoms with Crippen LogP contribution < -0.4 is 14.2 Å². The maximum Gasteiger partial charge on any atom is 0.253 e. The first-order chi connectivity index (χ1) is 11.5. The Morgan fingerprint density at radius 2 is 1.88 bits per heavy atom. The largest absolute Gasteiger partial charge is 0.493 e. The number of piperidine rings is 1. The maximum atomic E-state index is 12.6. The molecule has 1 N–H and O–H groups in total. The maximum absolute atomic E-state index is 12.6. The molecule has 7 nitrogen and oxygen atoms in total. The molecular weight excluding hydrogens is 332 g/mol. The van der Waals surface area contributed by atoms with Crippen LogP contribution in [-0.4, -0.2) is 53.1 Å². The van der Waals surface area contributed by atoms with Crippen LogP contribution in [0.25, 0.3) is 0 Å². The summed E-state index contributed by atoms with van der Waals surface area (Å²) in [5.41, 5.74) is 0.580. The predicted octanol–water partition coefficient (Wildman–Crippen LogP) is 1.06. The highest BCUT2D eigenvalue weighted by molar-refractivity contribution is 7.70. The highest BCUT2D eigenvalue weighted by Crippen LogP contribution is 2.29. The lowest BCUT2D eigenvalue weighted by molar-refractivity contribution is 0.0687. The van der Waals surface area contributed by atoms with E-state index in [0.29, 0.717) is 42.6 Å². The molecule has 134 valence electrons. The van der Waals surface area contributed by atoms with Crippen molar-refractivity contribution in [3.63, 3.8) is 0 Å². The molecule has 1 aromatic carbocycles. The van der Waals surface area contributed by atoms with Gasteiger partial charge in [-0.2, -0.15) is 0 Å². The van der Waals surface area contributed by atoms with Crippen LogP contribution in [0.5, 0.6) is 11.5 Å². The Bertz CT molecular complexity index is 631. The second kappa shape index (κ2) is 8.89. The molecule has 0 radical (unpaired) electrons. The van der Waals surface area contributed by atoms with Crippen molar-refractivity contribution in [3.05, 3.63) is 23.8 Å². The first kappa shape index (κ1) is 18.5. The molecule has 1 aliphatic heterocycles. The fraction of sp³-hybridized carbons (Fsp3) is 0.562. The average Bonchev–Trinajstić information content (AvgIpc) is 2.60. The van der Waals surface area contributed by atoms with Gasteiger partial charge >= 0.3 is 0 Å². The second-order valence-corrected chi connectivity index (χ2v) is 6.59. The van der Waals surface area contributed by atoms with Crippen LogP contribution in [0.2, 0.25) is 0 Å². The molecule has 0 bridgehead atoms. The number of carbonyl (C=O) groups excluding carboxylic acids is 1. The van der Waals surface area contributed by atoms with Crippen LogP contribution in [0, 0.1) is 5.92 Å². The number of hydrogen-bond donors (Lipinski definition) is 2. The third-order valence-corrected chi connectivity index (χ3v) is 4.81. The van der Waals surface area contributed by atoms with E-state index in [1.54, 1.807) is 32.4 Å². The number of nitrogens with zero attached hydrogens (tertiary/aromatic N) is 1. The normalized spacial score (nSPS) is 15.5. The van der Waals surface area contributed by atoms with Crippen LogP contribution in [0.1, 0.15) is 29.6 Å². The highest BCUT2D eigenvalue weighted by Gasteiger charge is 2.24. The van der Waals surface area contributed by atoms with Crippen LogP contribution in [0.4, 0.5) is 0 Å². The smallest absolute Gasteiger partial charge is 0.253 e. The third kappa shape index (κ3) is 4.85. The van der Waals surface area contributed by atoms with Gasteiger partial charge in [-0.1, -0.05) is 0 Å². The summed E-state index contributed by atoms with van der Waals surface area (Å²) in [5, 5.41) is 0. The molecule has 0 unspecified atom stereocenters. The standard InChI is InChI=1S/C16H24N2O5S/c1-22-14-4-3-13(11-15(14)23-2)16(19)18-9-6-12(7-10-18)5-8-17-24(20)21/h3-4,11-12,24H,5-10H2,1-2H3,(H,17,20,21). The van der Waals surface area contributed by atoms with Crippen LogP contribution in [0.15, 0.2) is 18.2 Å². The molecular formula is C16H24N2O5S. The van der Waals surface area contributed by atoms with E-state index in [0.717, 1.165) is 19.3 Å². The number of amides is 1. The van der Waals surface area contributed by atoms with Crippen molar-refractivity contribution in [1.82, 2.24) is 9.62 Å². The van der Waals surface area contributed by atoms with Gasteiger partial charge in [-0.15, -0.1) is 0 Å². The summed E-state index contributed by atoms with van der Waals surface area (Å²) in [7, 11) is 0.578. The summed E-state index contributed by atoms with van der Waals surface area (Å²) >= 11 is 0. The molecule has 1 amide bonds. The summed E-state index contributed by atoms with van der Waals surface area (Å²) in [5.74, 6) is 1.56. The summed E-state index contributed by atoms with van der Waals surface area (Å²) in [4.78, 5) is 14.4. The molecule has 1 saturated heterocycles. The quantitative estimate of drug-likeness (QED) is 0.714. The Morgan fingerprint density at radius 1 is 1.21 bits per heavy atom. The van der Waals surface area contributed by atoms with E-state index in [2.05, 4.69) is 4.72 Å². The van der Waals surface area contributed by atoms with Gasteiger partial charge in [0.15, 0.2) is 11.5 Å². The van der Waals surface area contributed by atoms with Crippen molar-refractivity contribution in [2.24, 2.45) is 5.92 Å². The highest BCUT2D eigenvalue weighted by atomic mass is 32.2. The van der Waals surface area contributed by atoms with Gasteiger partial charge in [0.05, 0.1) is 14.2 Å². The number of benzene rings is 1. The second-order valence-electron chi connectivity index (χ2n) is 5.76. The molecule has 0 aliphatic carbocycles. The predicted molar refractivity (Wildman–Crippen MR) is 91.1 cm³/mol. The van der Waals surface area contributed by atoms with Gasteiger partial charge in [0, 0.05) is 25.2 Å². The summed E-state index contributed by atoms with van der Waals surface area (Å²) in [6, 6.07) is 5.17. The molecule has 2 rings (SSSR count). The Kier molecular flexibility index (Phi) is 6.86. The van der Waals surface area contributed by atoms with E-state index in [1.165, 1.54) is 0 Å². The Morgan fingerprint density at radius 3 is 2.46 bits per heavy atom. The zero-order valence-corrected chi connectivity index (χ0v) is 14.9. The molecule has 24 heavy (non-hydrogen) atoms. The van der Waals surface area contributed by atoms with E-state index < -0.39 is 10.9 Å². The van der Waals surface area contributed by atoms with Crippen molar-refractivity contribution in [3.8, 4) is 11.5 Å². The lowest BCUT2D eigenvalue weighted by atomic mass is 9.93. The van der Waals surface area contributed by atoms with E-state index in [-0.39, 0.29) is 5.91 Å². The zero-order chi connectivity index (χ0) is 17.5. The monoisotopic (exact) mass is 356 g/mol. The van der Waals surface area contributed by atoms with Gasteiger partial charge < -0.3 is 14.4 Å². The van der Waals surface area contributed by atoms with Crippen molar-refractivity contribution in [1.29, 1.82) is 0 Å². The Labute approximate surface area is 144 Å². The number of ether oxygens (including phenoxy) is 2. The number of likely N-dealkylation sites (tertiary alicyclic amines) is 1. The first-order valence-corrected chi connectivity index (χ1v) is 9.12. The van der Waals surface area contributed by atoms with E-state index >= 15 is 0 Å². The van der Waals surface area contributed by atoms with Crippen molar-refractivity contribution in [2.75, 3.05) is 33.9 Å². The molecule has 0 aromatic heterocycles. The van der Waals surface area contributed by atoms with Crippen LogP contribution in [-0.2, 0) is 10.9 Å². The van der Waals surface area contributed by atoms with E-state index in [9.17, 15) is 13.2 Å². The molecule has 1 heterocycles. The van der Waals surface area contributed by atoms with Gasteiger partial charge in [-0.25, -0.2) is 13.1 Å². The number of methoxy groups -OCH3 is 2. The molecule has 1 fully saturated rings. The minimum absolute atomic E-state index is 0.0184.